The van der Waals surface area contributed by atoms with Crippen LogP contribution in [0.4, 0.5) is 9.93 Å². The number of carboxylic acids is 1. The summed E-state index contributed by atoms with van der Waals surface area (Å²) in [6.07, 6.45) is 4.49. The first-order valence-corrected chi connectivity index (χ1v) is 21.9. The van der Waals surface area contributed by atoms with E-state index in [1.807, 2.05) is 91.0 Å². The first-order valence-electron chi connectivity index (χ1n) is 20.0. The molecule has 0 radical (unpaired) electrons. The van der Waals surface area contributed by atoms with Gasteiger partial charge in [-0.2, -0.15) is 0 Å². The molecule has 15 nitrogen and oxygen atoms in total. The molecular weight excluding hydrogens is 831 g/mol. The van der Waals surface area contributed by atoms with Crippen molar-refractivity contribution in [3.63, 3.8) is 0 Å². The second-order valence-electron chi connectivity index (χ2n) is 14.9. The molecule has 4 aliphatic heterocycles. The Hall–Kier alpha value is -6.72. The molecule has 4 N–H and O–H groups in total. The van der Waals surface area contributed by atoms with Crippen LogP contribution in [0.2, 0.25) is 0 Å². The third-order valence-electron chi connectivity index (χ3n) is 11.2. The molecule has 17 heteroatoms. The van der Waals surface area contributed by atoms with E-state index in [2.05, 4.69) is 22.0 Å². The third-order valence-corrected chi connectivity index (χ3v) is 13.2. The van der Waals surface area contributed by atoms with E-state index in [0.717, 1.165) is 45.8 Å². The van der Waals surface area contributed by atoms with E-state index in [-0.39, 0.29) is 46.5 Å². The molecule has 1 aromatic heterocycles. The Kier molecular flexibility index (Phi) is 12.3. The number of thiazole rings is 1. The number of thioether (sulfide) groups is 1. The molecule has 3 atom stereocenters. The SMILES string of the molecule is C=CCOC(=O)N1CCC[C@H]1CN1CCC(=CC2=C(C(=O)O)N3C(=O)[C@@H](NC(=O)C(=NOC(c4ccccc4)(c4ccccc4)c4ccccc4)c4csc(N)n4)C3SC2)C1=O. The second-order valence-corrected chi connectivity index (χ2v) is 16.9. The molecule has 8 rings (SSSR count). The van der Waals surface area contributed by atoms with Crippen LogP contribution in [0.5, 0.6) is 0 Å². The molecule has 1 unspecified atom stereocenters. The number of likely N-dealkylation sites (tertiary alicyclic amines) is 2. The zero-order chi connectivity index (χ0) is 43.4. The molecule has 4 amide bonds. The highest BCUT2D eigenvalue weighted by molar-refractivity contribution is 8.00. The number of nitrogen functional groups attached to an aromatic ring is 1. The number of hydrogen-bond donors (Lipinski definition) is 3. The van der Waals surface area contributed by atoms with E-state index in [4.69, 9.17) is 15.3 Å². The Labute approximate surface area is 365 Å². The van der Waals surface area contributed by atoms with Crippen LogP contribution in [0.1, 0.15) is 41.6 Å². The average Bonchev–Trinajstić information content (AvgIpc) is 4.04. The maximum Gasteiger partial charge on any atom is 0.410 e. The van der Waals surface area contributed by atoms with Gasteiger partial charge in [0.15, 0.2) is 10.8 Å². The van der Waals surface area contributed by atoms with Gasteiger partial charge in [0.2, 0.25) is 11.5 Å². The Morgan fingerprint density at radius 1 is 0.984 bits per heavy atom. The van der Waals surface area contributed by atoms with Gasteiger partial charge >= 0.3 is 12.1 Å². The minimum absolute atomic E-state index is 0.0939. The lowest BCUT2D eigenvalue weighted by atomic mass is 9.80. The molecular formula is C45H43N7O8S2. The first kappa shape index (κ1) is 42.0. The summed E-state index contributed by atoms with van der Waals surface area (Å²) in [5.41, 5.74) is 7.24. The van der Waals surface area contributed by atoms with Crippen molar-refractivity contribution in [3.05, 3.63) is 154 Å². The van der Waals surface area contributed by atoms with Crippen LogP contribution in [0.15, 0.2) is 137 Å². The summed E-state index contributed by atoms with van der Waals surface area (Å²) in [4.78, 5) is 82.6. The number of nitrogens with two attached hydrogens (primary N) is 1. The minimum Gasteiger partial charge on any atom is -0.477 e. The average molecular weight is 874 g/mol. The topological polar surface area (TPSA) is 197 Å². The number of nitrogens with one attached hydrogen (secondary N) is 1. The van der Waals surface area contributed by atoms with E-state index in [9.17, 15) is 29.1 Å². The summed E-state index contributed by atoms with van der Waals surface area (Å²) < 4.78 is 5.23. The number of rotatable bonds is 14. The van der Waals surface area contributed by atoms with Crippen molar-refractivity contribution in [2.45, 2.75) is 42.3 Å². The van der Waals surface area contributed by atoms with Crippen LogP contribution in [0, 0.1) is 0 Å². The number of carbonyl (C=O) groups excluding carboxylic acids is 4. The van der Waals surface area contributed by atoms with E-state index in [0.29, 0.717) is 37.2 Å². The highest BCUT2D eigenvalue weighted by Gasteiger charge is 2.54. The number of ether oxygens (including phenoxy) is 1. The van der Waals surface area contributed by atoms with Crippen molar-refractivity contribution in [3.8, 4) is 0 Å². The van der Waals surface area contributed by atoms with Gasteiger partial charge in [-0.1, -0.05) is 109 Å². The van der Waals surface area contributed by atoms with Crippen molar-refractivity contribution in [2.75, 3.05) is 37.7 Å². The number of β-lactam (4-membered cyclic amide) rings is 1. The van der Waals surface area contributed by atoms with Crippen molar-refractivity contribution in [1.82, 2.24) is 25.0 Å². The molecule has 0 spiro atoms. The van der Waals surface area contributed by atoms with Crippen molar-refractivity contribution in [1.29, 1.82) is 0 Å². The maximum absolute atomic E-state index is 14.3. The van der Waals surface area contributed by atoms with E-state index in [1.165, 1.54) is 17.8 Å². The summed E-state index contributed by atoms with van der Waals surface area (Å²) in [6.45, 7) is 4.93. The Morgan fingerprint density at radius 3 is 2.21 bits per heavy atom. The van der Waals surface area contributed by atoms with Gasteiger partial charge in [0, 0.05) is 53.0 Å². The van der Waals surface area contributed by atoms with Crippen LogP contribution in [-0.4, -0.2) is 110 Å². The van der Waals surface area contributed by atoms with Crippen molar-refractivity contribution >= 4 is 63.7 Å². The van der Waals surface area contributed by atoms with Gasteiger partial charge in [0.05, 0.1) is 6.04 Å². The van der Waals surface area contributed by atoms with Gasteiger partial charge in [0.25, 0.3) is 11.8 Å². The van der Waals surface area contributed by atoms with Gasteiger partial charge in [-0.05, 0) is 30.9 Å². The van der Waals surface area contributed by atoms with Crippen molar-refractivity contribution < 1.29 is 38.7 Å². The molecule has 3 saturated heterocycles. The third kappa shape index (κ3) is 8.08. The number of hydrogen-bond acceptors (Lipinski definition) is 12. The monoisotopic (exact) mass is 873 g/mol. The van der Waals surface area contributed by atoms with Crippen LogP contribution in [0.25, 0.3) is 0 Å². The zero-order valence-electron chi connectivity index (χ0n) is 33.4. The predicted octanol–water partition coefficient (Wildman–Crippen LogP) is 5.12. The van der Waals surface area contributed by atoms with Gasteiger partial charge in [0.1, 0.15) is 29.4 Å². The summed E-state index contributed by atoms with van der Waals surface area (Å²) in [7, 11) is 0. The molecule has 4 aromatic rings. The number of aromatic nitrogens is 1. The number of anilines is 1. The normalized spacial score (nSPS) is 20.8. The van der Waals surface area contributed by atoms with Crippen molar-refractivity contribution in [2.24, 2.45) is 5.16 Å². The molecule has 0 bridgehead atoms. The van der Waals surface area contributed by atoms with Gasteiger partial charge in [-0.25, -0.2) is 14.6 Å². The van der Waals surface area contributed by atoms with Crippen LogP contribution in [-0.2, 0) is 34.4 Å². The highest BCUT2D eigenvalue weighted by atomic mass is 32.2. The van der Waals surface area contributed by atoms with Crippen LogP contribution >= 0.6 is 23.1 Å². The fourth-order valence-electron chi connectivity index (χ4n) is 8.27. The molecule has 4 aliphatic rings. The van der Waals surface area contributed by atoms with E-state index in [1.54, 1.807) is 21.3 Å². The van der Waals surface area contributed by atoms with Gasteiger partial charge in [-0.15, -0.1) is 23.1 Å². The largest absolute Gasteiger partial charge is 0.477 e. The lowest BCUT2D eigenvalue weighted by Gasteiger charge is -2.49. The zero-order valence-corrected chi connectivity index (χ0v) is 35.1. The number of carbonyl (C=O) groups is 5. The Morgan fingerprint density at radius 2 is 1.63 bits per heavy atom. The highest BCUT2D eigenvalue weighted by Crippen LogP contribution is 2.43. The quantitative estimate of drug-likeness (QED) is 0.0380. The smallest absolute Gasteiger partial charge is 0.410 e. The molecule has 5 heterocycles. The number of allylic oxidation sites excluding steroid dienone is 1. The lowest BCUT2D eigenvalue weighted by Crippen LogP contribution is -2.71. The lowest BCUT2D eigenvalue weighted by molar-refractivity contribution is -0.150. The molecule has 318 valence electrons. The molecule has 0 saturated carbocycles. The number of carboxylic acid groups (broad SMARTS) is 1. The Balaban J connectivity index is 1.03. The fraction of sp³-hybridized carbons (Fsp3) is 0.267. The number of aliphatic carboxylic acids is 1. The van der Waals surface area contributed by atoms with Crippen LogP contribution < -0.4 is 11.1 Å². The summed E-state index contributed by atoms with van der Waals surface area (Å²) >= 11 is 2.37. The number of nitrogens with zero attached hydrogens (tertiary/aromatic N) is 5. The Bertz CT molecular complexity index is 2380. The van der Waals surface area contributed by atoms with E-state index >= 15 is 0 Å². The van der Waals surface area contributed by atoms with E-state index < -0.39 is 40.9 Å². The fourth-order valence-corrected chi connectivity index (χ4v) is 10.1. The number of amides is 4. The molecule has 3 aromatic carbocycles. The summed E-state index contributed by atoms with van der Waals surface area (Å²) in [5, 5.41) is 18.7. The molecule has 0 aliphatic carbocycles. The molecule has 62 heavy (non-hydrogen) atoms. The molecule has 3 fully saturated rings. The van der Waals surface area contributed by atoms with Crippen LogP contribution in [0.3, 0.4) is 0 Å². The number of benzene rings is 3. The number of oxime groups is 1. The first-order chi connectivity index (χ1) is 30.1. The summed E-state index contributed by atoms with van der Waals surface area (Å²) in [6, 6.07) is 27.1. The predicted molar refractivity (Wildman–Crippen MR) is 234 cm³/mol. The standard InChI is InChI=1S/C45H43N7O8S2/c1-2-23-59-44(58)51-21-12-19-33(51)25-50-22-20-28(39(50)54)24-29-26-61-41-36(40(55)52(41)37(29)42(56)57)48-38(53)35(34-27-62-43(46)47-34)49-60-45(30-13-6-3-7-14-30,31-15-8-4-9-16-31)32-17-10-5-11-18-32/h2-11,13-18,24,27,33,36,41H,1,12,19-23,25-26H2,(H2,46,47)(H,48,53)(H,56,57)/t33-,36+,41?/m0/s1. The second kappa shape index (κ2) is 18.1. The minimum atomic E-state index is -1.34. The maximum atomic E-state index is 14.3. The number of fused-ring (bicyclic) bond motifs is 1. The van der Waals surface area contributed by atoms with Gasteiger partial charge < -0.3 is 35.5 Å². The summed E-state index contributed by atoms with van der Waals surface area (Å²) in [5.74, 6) is -2.86. The van der Waals surface area contributed by atoms with Gasteiger partial charge in [-0.3, -0.25) is 19.3 Å².